The van der Waals surface area contributed by atoms with Crippen LogP contribution in [0.15, 0.2) is 47.4 Å². The highest BCUT2D eigenvalue weighted by Crippen LogP contribution is 2.37. The number of fused-ring (bicyclic) bond motifs is 1. The summed E-state index contributed by atoms with van der Waals surface area (Å²) in [5.41, 5.74) is 9.63. The molecular weight excluding hydrogens is 465 g/mol. The van der Waals surface area contributed by atoms with Gasteiger partial charge >= 0.3 is 0 Å². The molecule has 5 N–H and O–H groups in total. The number of thioether (sulfide) groups is 1. The summed E-state index contributed by atoms with van der Waals surface area (Å²) >= 11 is 7.43. The third kappa shape index (κ3) is 4.65. The van der Waals surface area contributed by atoms with E-state index in [0.29, 0.717) is 29.2 Å². The molecule has 0 aliphatic carbocycles. The van der Waals surface area contributed by atoms with Crippen LogP contribution in [0.3, 0.4) is 0 Å². The van der Waals surface area contributed by atoms with Crippen molar-refractivity contribution in [3.05, 3.63) is 65.2 Å². The predicted octanol–water partition coefficient (Wildman–Crippen LogP) is 3.16. The van der Waals surface area contributed by atoms with E-state index < -0.39 is 0 Å². The Balaban J connectivity index is 1.48. The van der Waals surface area contributed by atoms with Gasteiger partial charge in [-0.25, -0.2) is 4.98 Å². The SMILES string of the molecule is CN1C(=P)[C@@H](NC(=O)c2n[nH]c(Cc3ccccc3)n2)CSc2cc(N)c(C(=N)Cl)cc21. The number of aromatic amines is 1. The zero-order valence-electron chi connectivity index (χ0n) is 17.1. The van der Waals surface area contributed by atoms with Gasteiger partial charge in [0.15, 0.2) is 0 Å². The standard InChI is InChI=1S/C21H21ClN7OPS/c1-29-15-8-12(18(22)24)13(23)9-16(15)32-10-14(21(29)31)25-20(30)19-26-17(27-28-19)7-11-5-3-2-4-6-11/h2-6,8-9,14,24,31H,7,10,23H2,1H3,(H,25,30)(H,26,27,28)/t14-/m0/s1. The lowest BCUT2D eigenvalue weighted by molar-refractivity contribution is 0.0940. The van der Waals surface area contributed by atoms with Gasteiger partial charge in [0, 0.05) is 35.4 Å². The highest BCUT2D eigenvalue weighted by molar-refractivity contribution is 7.99. The Hall–Kier alpha value is -2.87. The van der Waals surface area contributed by atoms with Gasteiger partial charge in [0.1, 0.15) is 11.0 Å². The van der Waals surface area contributed by atoms with Crippen molar-refractivity contribution in [2.75, 3.05) is 23.4 Å². The first-order chi connectivity index (χ1) is 15.3. The summed E-state index contributed by atoms with van der Waals surface area (Å²) in [6.07, 6.45) is 0.563. The van der Waals surface area contributed by atoms with Gasteiger partial charge in [-0.15, -0.1) is 16.9 Å². The van der Waals surface area contributed by atoms with Crippen LogP contribution in [0, 0.1) is 5.41 Å². The van der Waals surface area contributed by atoms with Crippen molar-refractivity contribution in [2.45, 2.75) is 17.4 Å². The molecule has 0 unspecified atom stereocenters. The molecule has 4 rings (SSSR count). The molecule has 1 atom stereocenters. The minimum atomic E-state index is -0.371. The number of hydrogen-bond donors (Lipinski definition) is 4. The van der Waals surface area contributed by atoms with Crippen molar-refractivity contribution >= 4 is 60.1 Å². The molecule has 8 nitrogen and oxygen atoms in total. The lowest BCUT2D eigenvalue weighted by atomic mass is 10.1. The maximum absolute atomic E-state index is 12.8. The van der Waals surface area contributed by atoms with E-state index in [1.807, 2.05) is 42.3 Å². The number of nitrogen functional groups attached to an aromatic ring is 1. The maximum Gasteiger partial charge on any atom is 0.291 e. The van der Waals surface area contributed by atoms with Gasteiger partial charge in [0.25, 0.3) is 5.91 Å². The number of nitrogens with one attached hydrogen (secondary N) is 3. The molecule has 0 fully saturated rings. The molecule has 164 valence electrons. The number of carbonyl (C=O) groups is 1. The van der Waals surface area contributed by atoms with E-state index in [-0.39, 0.29) is 22.9 Å². The van der Waals surface area contributed by atoms with E-state index in [9.17, 15) is 4.79 Å². The number of likely N-dealkylation sites (N-methyl/N-ethyl adjacent to an activating group) is 1. The highest BCUT2D eigenvalue weighted by Gasteiger charge is 2.28. The normalized spacial score (nSPS) is 15.8. The van der Waals surface area contributed by atoms with Crippen molar-refractivity contribution in [2.24, 2.45) is 0 Å². The summed E-state index contributed by atoms with van der Waals surface area (Å²) in [6.45, 7) is 0. The first-order valence-corrected chi connectivity index (χ1v) is 11.6. The molecule has 32 heavy (non-hydrogen) atoms. The van der Waals surface area contributed by atoms with Crippen LogP contribution in [0.4, 0.5) is 11.4 Å². The number of hydrogen-bond acceptors (Lipinski definition) is 6. The zero-order chi connectivity index (χ0) is 22.8. The van der Waals surface area contributed by atoms with Gasteiger partial charge in [0.05, 0.1) is 17.1 Å². The number of nitrogens with zero attached hydrogens (tertiary/aromatic N) is 3. The topological polar surface area (TPSA) is 124 Å². The number of aromatic nitrogens is 3. The van der Waals surface area contributed by atoms with E-state index in [1.165, 1.54) is 0 Å². The first-order valence-electron chi connectivity index (χ1n) is 9.72. The molecule has 0 saturated carbocycles. The Morgan fingerprint density at radius 2 is 2.16 bits per heavy atom. The van der Waals surface area contributed by atoms with Crippen LogP contribution in [-0.4, -0.2) is 50.5 Å². The Morgan fingerprint density at radius 3 is 2.88 bits per heavy atom. The molecular formula is C21H21ClN7OPS. The van der Waals surface area contributed by atoms with Crippen LogP contribution in [-0.2, 0) is 6.42 Å². The van der Waals surface area contributed by atoms with E-state index >= 15 is 0 Å². The lowest BCUT2D eigenvalue weighted by Crippen LogP contribution is -2.47. The summed E-state index contributed by atoms with van der Waals surface area (Å²) < 4.78 is 0. The second kappa shape index (κ2) is 9.32. The van der Waals surface area contributed by atoms with Gasteiger partial charge < -0.3 is 16.0 Å². The quantitative estimate of drug-likeness (QED) is 0.250. The average molecular weight is 486 g/mol. The van der Waals surface area contributed by atoms with Gasteiger partial charge in [-0.1, -0.05) is 50.8 Å². The Labute approximate surface area is 196 Å². The molecule has 2 aromatic carbocycles. The molecule has 1 amide bonds. The molecule has 11 heteroatoms. The number of halogens is 1. The summed E-state index contributed by atoms with van der Waals surface area (Å²) in [5.74, 6) is 0.909. The van der Waals surface area contributed by atoms with Crippen LogP contribution in [0.1, 0.15) is 27.6 Å². The number of rotatable bonds is 5. The molecule has 2 heterocycles. The third-order valence-corrected chi connectivity index (χ3v) is 7.11. The molecule has 0 spiro atoms. The molecule has 3 aromatic rings. The number of anilines is 2. The van der Waals surface area contributed by atoms with Crippen molar-refractivity contribution in [3.8, 4) is 0 Å². The van der Waals surface area contributed by atoms with E-state index in [2.05, 4.69) is 29.4 Å². The Morgan fingerprint density at radius 1 is 1.41 bits per heavy atom. The summed E-state index contributed by atoms with van der Waals surface area (Å²) in [6, 6.07) is 13.1. The minimum absolute atomic E-state index is 0.0898. The molecule has 0 radical (unpaired) electrons. The summed E-state index contributed by atoms with van der Waals surface area (Å²) in [5, 5.41) is 17.5. The molecule has 1 aliphatic heterocycles. The van der Waals surface area contributed by atoms with Gasteiger partial charge in [-0.05, 0) is 17.7 Å². The first kappa shape index (κ1) is 22.3. The summed E-state index contributed by atoms with van der Waals surface area (Å²) in [7, 11) is 5.55. The summed E-state index contributed by atoms with van der Waals surface area (Å²) in [4.78, 5) is 20.0. The van der Waals surface area contributed by atoms with Crippen molar-refractivity contribution in [1.82, 2.24) is 20.5 Å². The van der Waals surface area contributed by atoms with Crippen molar-refractivity contribution in [1.29, 1.82) is 5.41 Å². The number of amides is 1. The lowest BCUT2D eigenvalue weighted by Gasteiger charge is -2.26. The van der Waals surface area contributed by atoms with Crippen LogP contribution >= 0.6 is 32.2 Å². The van der Waals surface area contributed by atoms with Crippen molar-refractivity contribution in [3.63, 3.8) is 0 Å². The monoisotopic (exact) mass is 485 g/mol. The van der Waals surface area contributed by atoms with Crippen LogP contribution in [0.25, 0.3) is 0 Å². The third-order valence-electron chi connectivity index (χ3n) is 5.08. The number of benzene rings is 2. The van der Waals surface area contributed by atoms with Gasteiger partial charge in [-0.2, -0.15) is 0 Å². The number of nitrogens with two attached hydrogens (primary N) is 1. The number of carbonyl (C=O) groups excluding carboxylic acids is 1. The zero-order valence-corrected chi connectivity index (χ0v) is 19.7. The highest BCUT2D eigenvalue weighted by atomic mass is 35.5. The van der Waals surface area contributed by atoms with Gasteiger partial charge in [0.2, 0.25) is 5.82 Å². The van der Waals surface area contributed by atoms with Crippen LogP contribution in [0.5, 0.6) is 0 Å². The molecule has 0 saturated heterocycles. The van der Waals surface area contributed by atoms with Crippen LogP contribution in [0.2, 0.25) is 0 Å². The number of H-pyrrole nitrogens is 1. The molecule has 0 bridgehead atoms. The predicted molar refractivity (Wildman–Crippen MR) is 133 cm³/mol. The smallest absolute Gasteiger partial charge is 0.291 e. The Bertz CT molecular complexity index is 1200. The Kier molecular flexibility index (Phi) is 6.50. The average Bonchev–Trinajstić information content (AvgIpc) is 3.20. The minimum Gasteiger partial charge on any atom is -0.398 e. The fourth-order valence-electron chi connectivity index (χ4n) is 3.37. The second-order valence-corrected chi connectivity index (χ2v) is 9.22. The molecule has 1 aliphatic rings. The molecule has 1 aromatic heterocycles. The van der Waals surface area contributed by atoms with Crippen molar-refractivity contribution < 1.29 is 4.79 Å². The van der Waals surface area contributed by atoms with E-state index in [1.54, 1.807) is 23.9 Å². The van der Waals surface area contributed by atoms with Gasteiger partial charge in [-0.3, -0.25) is 15.3 Å². The van der Waals surface area contributed by atoms with E-state index in [4.69, 9.17) is 22.7 Å². The van der Waals surface area contributed by atoms with Crippen LogP contribution < -0.4 is 16.0 Å². The second-order valence-electron chi connectivity index (χ2n) is 7.27. The maximum atomic E-state index is 12.8. The fourth-order valence-corrected chi connectivity index (χ4v) is 5.11. The fraction of sp³-hybridized carbons (Fsp3) is 0.190. The van der Waals surface area contributed by atoms with E-state index in [0.717, 1.165) is 21.6 Å². The largest absolute Gasteiger partial charge is 0.398 e.